The van der Waals surface area contributed by atoms with Crippen LogP contribution in [0.25, 0.3) is 22.0 Å². The molecule has 3 aromatic heterocycles. The second kappa shape index (κ2) is 12.4. The average Bonchev–Trinajstić information content (AvgIpc) is 3.60. The third-order valence-electron chi connectivity index (χ3n) is 9.16. The molecule has 1 saturated carbocycles. The zero-order chi connectivity index (χ0) is 37.4. The van der Waals surface area contributed by atoms with Crippen molar-refractivity contribution in [1.82, 2.24) is 29.9 Å². The van der Waals surface area contributed by atoms with Crippen LogP contribution in [-0.4, -0.2) is 41.2 Å². The number of nitrogens with zero attached hydrogens (tertiary/aromatic N) is 5. The van der Waals surface area contributed by atoms with Gasteiger partial charge in [-0.25, -0.2) is 26.9 Å². The summed E-state index contributed by atoms with van der Waals surface area (Å²) in [7, 11) is 1.53. The first-order chi connectivity index (χ1) is 24.4. The van der Waals surface area contributed by atoms with Gasteiger partial charge in [0.1, 0.15) is 46.7 Å². The molecule has 2 aliphatic carbocycles. The van der Waals surface area contributed by atoms with Crippen molar-refractivity contribution in [1.29, 1.82) is 0 Å². The van der Waals surface area contributed by atoms with E-state index in [1.807, 2.05) is 0 Å². The van der Waals surface area contributed by atoms with E-state index in [1.54, 1.807) is 6.07 Å². The maximum absolute atomic E-state index is 15.3. The van der Waals surface area contributed by atoms with Gasteiger partial charge in [0.2, 0.25) is 5.91 Å². The lowest BCUT2D eigenvalue weighted by atomic mass is 9.93. The topological polar surface area (TPSA) is 124 Å². The first kappa shape index (κ1) is 35.0. The first-order valence-electron chi connectivity index (χ1n) is 16.1. The maximum atomic E-state index is 15.3. The Morgan fingerprint density at radius 1 is 1.08 bits per heavy atom. The molecule has 0 bridgehead atoms. The van der Waals surface area contributed by atoms with Crippen LogP contribution in [0.4, 0.5) is 36.6 Å². The van der Waals surface area contributed by atoms with Crippen molar-refractivity contribution in [3.63, 3.8) is 0 Å². The molecule has 7 rings (SSSR count). The number of aryl methyl sites for hydroxylation is 1. The molecular formula is C36H30F7N7O2. The number of rotatable bonds is 8. The molecule has 0 saturated heterocycles. The molecule has 0 aliphatic heterocycles. The predicted molar refractivity (Wildman–Crippen MR) is 174 cm³/mol. The summed E-state index contributed by atoms with van der Waals surface area (Å²) in [6.45, 7) is 1.99. The Morgan fingerprint density at radius 3 is 2.44 bits per heavy atom. The van der Waals surface area contributed by atoms with Gasteiger partial charge in [-0.1, -0.05) is 5.92 Å². The Bertz CT molecular complexity index is 2310. The number of alkyl halides is 4. The molecule has 1 fully saturated rings. The fourth-order valence-electron chi connectivity index (χ4n) is 7.01. The summed E-state index contributed by atoms with van der Waals surface area (Å²) in [6.07, 6.45) is -3.44. The van der Waals surface area contributed by atoms with E-state index in [1.165, 1.54) is 37.7 Å². The van der Waals surface area contributed by atoms with Crippen LogP contribution in [-0.2, 0) is 30.7 Å². The molecule has 52 heavy (non-hydrogen) atoms. The van der Waals surface area contributed by atoms with E-state index < -0.39 is 77.1 Å². The molecule has 9 nitrogen and oxygen atoms in total. The predicted octanol–water partition coefficient (Wildman–Crippen LogP) is 6.20. The number of hydrogen-bond donors (Lipinski definition) is 3. The molecule has 3 heterocycles. The van der Waals surface area contributed by atoms with Crippen LogP contribution in [0, 0.1) is 35.2 Å². The monoisotopic (exact) mass is 725 g/mol. The van der Waals surface area contributed by atoms with Gasteiger partial charge in [0, 0.05) is 35.7 Å². The average molecular weight is 726 g/mol. The number of hydrogen-bond acceptors (Lipinski definition) is 6. The van der Waals surface area contributed by atoms with Crippen LogP contribution in [0.15, 0.2) is 42.5 Å². The SMILES string of the molecule is Cn1nc(N)c2c(F)ccc(-c3ccc(C#CC(C)(C)O)nc3[C@H](Cc3cc(F)cc(F)c3)NC(=O)Cn3nc(C(F)F)c4c3C(F)(F)[C@@H]3C[C@H]43)c21. The van der Waals surface area contributed by atoms with Crippen molar-refractivity contribution in [3.8, 4) is 23.0 Å². The number of aliphatic hydroxyl groups is 1. The second-order valence-electron chi connectivity index (χ2n) is 13.5. The lowest BCUT2D eigenvalue weighted by Crippen LogP contribution is -2.35. The molecule has 270 valence electrons. The van der Waals surface area contributed by atoms with Gasteiger partial charge in [0.25, 0.3) is 12.3 Å². The van der Waals surface area contributed by atoms with Crippen LogP contribution >= 0.6 is 0 Å². The normalized spacial score (nSPS) is 17.8. The quantitative estimate of drug-likeness (QED) is 0.129. The number of aromatic nitrogens is 5. The van der Waals surface area contributed by atoms with Crippen LogP contribution < -0.4 is 11.1 Å². The Morgan fingerprint density at radius 2 is 1.77 bits per heavy atom. The van der Waals surface area contributed by atoms with Crippen molar-refractivity contribution >= 4 is 22.6 Å². The lowest BCUT2D eigenvalue weighted by Gasteiger charge is -2.23. The minimum absolute atomic E-state index is 0.00835. The highest BCUT2D eigenvalue weighted by Crippen LogP contribution is 2.68. The van der Waals surface area contributed by atoms with Crippen molar-refractivity contribution in [2.45, 2.75) is 63.1 Å². The van der Waals surface area contributed by atoms with Gasteiger partial charge in [-0.05, 0) is 80.5 Å². The smallest absolute Gasteiger partial charge is 0.293 e. The number of fused-ring (bicyclic) bond motifs is 4. The summed E-state index contributed by atoms with van der Waals surface area (Å²) in [5.41, 5.74) is 3.83. The van der Waals surface area contributed by atoms with Gasteiger partial charge >= 0.3 is 0 Å². The van der Waals surface area contributed by atoms with E-state index in [4.69, 9.17) is 5.73 Å². The highest BCUT2D eigenvalue weighted by atomic mass is 19.3. The summed E-state index contributed by atoms with van der Waals surface area (Å²) >= 11 is 0. The van der Waals surface area contributed by atoms with E-state index in [0.29, 0.717) is 16.3 Å². The molecule has 4 N–H and O–H groups in total. The van der Waals surface area contributed by atoms with E-state index >= 15 is 13.2 Å². The summed E-state index contributed by atoms with van der Waals surface area (Å²) < 4.78 is 104. The Labute approximate surface area is 291 Å². The lowest BCUT2D eigenvalue weighted by molar-refractivity contribution is -0.123. The third-order valence-corrected chi connectivity index (χ3v) is 9.16. The molecule has 2 aliphatic rings. The number of carbonyl (C=O) groups excluding carboxylic acids is 1. The number of nitrogen functional groups attached to an aromatic ring is 1. The third kappa shape index (κ3) is 6.23. The Balaban J connectivity index is 1.37. The number of halogens is 7. The highest BCUT2D eigenvalue weighted by molar-refractivity contribution is 6.00. The fourth-order valence-corrected chi connectivity index (χ4v) is 7.01. The number of carbonyl (C=O) groups is 1. The summed E-state index contributed by atoms with van der Waals surface area (Å²) in [5.74, 6) is -3.63. The van der Waals surface area contributed by atoms with Crippen LogP contribution in [0.2, 0.25) is 0 Å². The minimum Gasteiger partial charge on any atom is -0.382 e. The second-order valence-corrected chi connectivity index (χ2v) is 13.5. The molecule has 3 atom stereocenters. The summed E-state index contributed by atoms with van der Waals surface area (Å²) in [5, 5.41) is 20.8. The molecule has 2 aromatic carbocycles. The number of anilines is 1. The van der Waals surface area contributed by atoms with Gasteiger partial charge in [-0.2, -0.15) is 19.0 Å². The number of benzene rings is 2. The Kier molecular flexibility index (Phi) is 8.32. The van der Waals surface area contributed by atoms with E-state index in [-0.39, 0.29) is 57.6 Å². The molecule has 0 radical (unpaired) electrons. The largest absolute Gasteiger partial charge is 0.382 e. The number of nitrogens with two attached hydrogens (primary N) is 1. The molecule has 1 amide bonds. The molecular weight excluding hydrogens is 695 g/mol. The van der Waals surface area contributed by atoms with Crippen molar-refractivity contribution in [3.05, 3.63) is 93.8 Å². The molecule has 0 unspecified atom stereocenters. The van der Waals surface area contributed by atoms with Gasteiger partial charge in [-0.15, -0.1) is 0 Å². The van der Waals surface area contributed by atoms with Gasteiger partial charge in [0.05, 0.1) is 22.6 Å². The zero-order valence-electron chi connectivity index (χ0n) is 27.8. The van der Waals surface area contributed by atoms with E-state index in [2.05, 4.69) is 32.3 Å². The van der Waals surface area contributed by atoms with Crippen molar-refractivity contribution < 1.29 is 40.6 Å². The van der Waals surface area contributed by atoms with Crippen LogP contribution in [0.1, 0.15) is 72.6 Å². The first-order valence-corrected chi connectivity index (χ1v) is 16.1. The molecule has 5 aromatic rings. The molecule has 16 heteroatoms. The van der Waals surface area contributed by atoms with Crippen LogP contribution in [0.5, 0.6) is 0 Å². The molecule has 0 spiro atoms. The standard InChI is InChI=1S/C36H30F7N7O2/c1-35(2,52)9-8-19-4-5-20(21-6-7-24(39)28-31(21)49(3)48-34(28)44)29(45-19)25(12-16-10-17(37)13-18(38)11-16)46-26(51)15-50-32-27(30(47-50)33(40)41)22-14-23(22)36(32,42)43/h4-7,10-11,13,22-23,25,33,52H,12,14-15H2,1-3H3,(H2,44,48)(H,46,51)/t22-,23+,25-/m0/s1. The number of amides is 1. The fraction of sp³-hybridized carbons (Fsp3) is 0.333. The maximum Gasteiger partial charge on any atom is 0.293 e. The zero-order valence-corrected chi connectivity index (χ0v) is 27.8. The number of nitrogens with one attached hydrogen (secondary N) is 1. The van der Waals surface area contributed by atoms with Gasteiger partial charge in [-0.3, -0.25) is 14.2 Å². The summed E-state index contributed by atoms with van der Waals surface area (Å²) in [4.78, 5) is 18.4. The van der Waals surface area contributed by atoms with Crippen molar-refractivity contribution in [2.24, 2.45) is 13.0 Å². The summed E-state index contributed by atoms with van der Waals surface area (Å²) in [6, 6.07) is 7.05. The van der Waals surface area contributed by atoms with E-state index in [0.717, 1.165) is 18.2 Å². The van der Waals surface area contributed by atoms with Crippen LogP contribution in [0.3, 0.4) is 0 Å². The van der Waals surface area contributed by atoms with Gasteiger partial charge < -0.3 is 16.2 Å². The van der Waals surface area contributed by atoms with E-state index in [9.17, 15) is 27.5 Å². The number of pyridine rings is 1. The highest BCUT2D eigenvalue weighted by Gasteiger charge is 2.67. The Hall–Kier alpha value is -5.43. The minimum atomic E-state index is -3.49. The van der Waals surface area contributed by atoms with Crippen molar-refractivity contribution in [2.75, 3.05) is 5.73 Å². The van der Waals surface area contributed by atoms with Gasteiger partial charge in [0.15, 0.2) is 5.82 Å².